The third kappa shape index (κ3) is 3.82. The van der Waals surface area contributed by atoms with Gasteiger partial charge in [0.1, 0.15) is 13.2 Å². The number of hydrogen-bond acceptors (Lipinski definition) is 7. The van der Waals surface area contributed by atoms with Gasteiger partial charge in [-0.25, -0.2) is 9.97 Å². The predicted molar refractivity (Wildman–Crippen MR) is 98.5 cm³/mol. The molecule has 0 spiro atoms. The van der Waals surface area contributed by atoms with Gasteiger partial charge in [0.2, 0.25) is 5.95 Å². The molecule has 4 rings (SSSR count). The van der Waals surface area contributed by atoms with Crippen molar-refractivity contribution in [1.29, 1.82) is 0 Å². The van der Waals surface area contributed by atoms with E-state index in [1.807, 2.05) is 6.07 Å². The van der Waals surface area contributed by atoms with E-state index >= 15 is 0 Å². The fraction of sp³-hybridized carbons (Fsp3) is 0.444. The molecule has 7 heteroatoms. The summed E-state index contributed by atoms with van der Waals surface area (Å²) in [4.78, 5) is 12.2. The summed E-state index contributed by atoms with van der Waals surface area (Å²) in [7, 11) is 0. The molecule has 0 bridgehead atoms. The number of fused-ring (bicyclic) bond motifs is 1. The summed E-state index contributed by atoms with van der Waals surface area (Å²) in [6.07, 6.45) is 6.73. The number of nitrogens with zero attached hydrogens (tertiary/aromatic N) is 3. The van der Waals surface area contributed by atoms with E-state index in [2.05, 4.69) is 38.6 Å². The van der Waals surface area contributed by atoms with Crippen LogP contribution < -0.4 is 14.8 Å². The van der Waals surface area contributed by atoms with Gasteiger partial charge in [-0.3, -0.25) is 4.90 Å². The fourth-order valence-electron chi connectivity index (χ4n) is 3.32. The molecule has 132 valence electrons. The van der Waals surface area contributed by atoms with Crippen molar-refractivity contribution in [3.8, 4) is 11.5 Å². The number of aromatic nitrogens is 2. The van der Waals surface area contributed by atoms with Crippen molar-refractivity contribution in [3.63, 3.8) is 0 Å². The van der Waals surface area contributed by atoms with E-state index in [4.69, 9.17) is 9.47 Å². The Morgan fingerprint density at radius 2 is 1.96 bits per heavy atom. The third-order valence-corrected chi connectivity index (χ3v) is 5.33. The SMILES string of the molecule is CSc1cc2c(cc1CN1CCC(Nc3ncccn3)C1)OCCO2. The zero-order chi connectivity index (χ0) is 17.1. The highest BCUT2D eigenvalue weighted by Crippen LogP contribution is 2.37. The lowest BCUT2D eigenvalue weighted by Crippen LogP contribution is -2.27. The smallest absolute Gasteiger partial charge is 0.222 e. The number of ether oxygens (including phenoxy) is 2. The average Bonchev–Trinajstić information content (AvgIpc) is 3.09. The lowest BCUT2D eigenvalue weighted by Gasteiger charge is -2.23. The van der Waals surface area contributed by atoms with Crippen molar-refractivity contribution < 1.29 is 9.47 Å². The first-order chi connectivity index (χ1) is 12.3. The van der Waals surface area contributed by atoms with E-state index in [9.17, 15) is 0 Å². The van der Waals surface area contributed by atoms with Crippen LogP contribution in [0.15, 0.2) is 35.5 Å². The number of likely N-dealkylation sites (tertiary alicyclic amines) is 1. The molecular weight excluding hydrogens is 336 g/mol. The molecule has 3 heterocycles. The molecule has 1 atom stereocenters. The molecule has 0 amide bonds. The van der Waals surface area contributed by atoms with Crippen molar-refractivity contribution in [2.45, 2.75) is 23.9 Å². The molecule has 1 N–H and O–H groups in total. The molecule has 25 heavy (non-hydrogen) atoms. The first-order valence-electron chi connectivity index (χ1n) is 8.54. The van der Waals surface area contributed by atoms with Crippen LogP contribution in [0.25, 0.3) is 0 Å². The van der Waals surface area contributed by atoms with Crippen LogP contribution in [0.4, 0.5) is 5.95 Å². The van der Waals surface area contributed by atoms with Crippen molar-refractivity contribution in [1.82, 2.24) is 14.9 Å². The summed E-state index contributed by atoms with van der Waals surface area (Å²) in [5.41, 5.74) is 1.30. The summed E-state index contributed by atoms with van der Waals surface area (Å²) < 4.78 is 11.4. The van der Waals surface area contributed by atoms with E-state index in [1.54, 1.807) is 24.2 Å². The van der Waals surface area contributed by atoms with E-state index < -0.39 is 0 Å². The Morgan fingerprint density at radius 3 is 2.72 bits per heavy atom. The molecule has 1 fully saturated rings. The van der Waals surface area contributed by atoms with E-state index in [1.165, 1.54) is 10.5 Å². The van der Waals surface area contributed by atoms with Gasteiger partial charge >= 0.3 is 0 Å². The van der Waals surface area contributed by atoms with Gasteiger partial charge in [-0.15, -0.1) is 11.8 Å². The number of anilines is 1. The van der Waals surface area contributed by atoms with Crippen LogP contribution >= 0.6 is 11.8 Å². The maximum absolute atomic E-state index is 5.75. The largest absolute Gasteiger partial charge is 0.486 e. The fourth-order valence-corrected chi connectivity index (χ4v) is 3.93. The molecule has 0 radical (unpaired) electrons. The highest BCUT2D eigenvalue weighted by molar-refractivity contribution is 7.98. The molecule has 1 saturated heterocycles. The van der Waals surface area contributed by atoms with E-state index in [0.717, 1.165) is 37.6 Å². The Hall–Kier alpha value is -1.99. The van der Waals surface area contributed by atoms with Gasteiger partial charge in [-0.05, 0) is 36.4 Å². The molecule has 2 aromatic rings. The first kappa shape index (κ1) is 16.5. The molecular formula is C18H22N4O2S. The molecule has 2 aliphatic heterocycles. The molecule has 2 aliphatic rings. The average molecular weight is 358 g/mol. The lowest BCUT2D eigenvalue weighted by atomic mass is 10.1. The molecule has 1 unspecified atom stereocenters. The van der Waals surface area contributed by atoms with Gasteiger partial charge in [0.25, 0.3) is 0 Å². The van der Waals surface area contributed by atoms with Crippen LogP contribution in [0.2, 0.25) is 0 Å². The highest BCUT2D eigenvalue weighted by atomic mass is 32.2. The third-order valence-electron chi connectivity index (χ3n) is 4.51. The zero-order valence-corrected chi connectivity index (χ0v) is 15.1. The van der Waals surface area contributed by atoms with Crippen LogP contribution in [0, 0.1) is 0 Å². The molecule has 1 aromatic carbocycles. The van der Waals surface area contributed by atoms with Crippen molar-refractivity contribution in [2.24, 2.45) is 0 Å². The number of rotatable bonds is 5. The number of thioether (sulfide) groups is 1. The Bertz CT molecular complexity index is 729. The summed E-state index contributed by atoms with van der Waals surface area (Å²) in [6.45, 7) is 4.22. The van der Waals surface area contributed by atoms with Crippen LogP contribution in [0.5, 0.6) is 11.5 Å². The van der Waals surface area contributed by atoms with Gasteiger partial charge in [0, 0.05) is 43.0 Å². The quantitative estimate of drug-likeness (QED) is 0.825. The standard InChI is InChI=1S/C18H22N4O2S/c1-25-17-10-16-15(23-7-8-24-16)9-13(17)11-22-6-3-14(12-22)21-18-19-4-2-5-20-18/h2,4-5,9-10,14H,3,6-8,11-12H2,1H3,(H,19,20,21). The summed E-state index contributed by atoms with van der Waals surface area (Å²) >= 11 is 1.76. The monoisotopic (exact) mass is 358 g/mol. The zero-order valence-electron chi connectivity index (χ0n) is 14.3. The number of benzene rings is 1. The summed E-state index contributed by atoms with van der Waals surface area (Å²) in [5.74, 6) is 2.44. The van der Waals surface area contributed by atoms with Crippen LogP contribution in [0.1, 0.15) is 12.0 Å². The minimum absolute atomic E-state index is 0.386. The van der Waals surface area contributed by atoms with Crippen LogP contribution in [0.3, 0.4) is 0 Å². The van der Waals surface area contributed by atoms with Crippen LogP contribution in [-0.4, -0.2) is 53.5 Å². The lowest BCUT2D eigenvalue weighted by molar-refractivity contribution is 0.170. The minimum Gasteiger partial charge on any atom is -0.486 e. The van der Waals surface area contributed by atoms with Gasteiger partial charge in [-0.2, -0.15) is 0 Å². The number of nitrogens with one attached hydrogen (secondary N) is 1. The van der Waals surface area contributed by atoms with Crippen molar-refractivity contribution in [2.75, 3.05) is 37.9 Å². The van der Waals surface area contributed by atoms with E-state index in [-0.39, 0.29) is 0 Å². The van der Waals surface area contributed by atoms with Crippen molar-refractivity contribution in [3.05, 3.63) is 36.2 Å². The summed E-state index contributed by atoms with van der Waals surface area (Å²) in [6, 6.07) is 6.47. The Labute approximate surface area is 151 Å². The number of hydrogen-bond donors (Lipinski definition) is 1. The Morgan fingerprint density at radius 1 is 1.20 bits per heavy atom. The second-order valence-corrected chi connectivity index (χ2v) is 7.09. The second-order valence-electron chi connectivity index (χ2n) is 6.25. The highest BCUT2D eigenvalue weighted by Gasteiger charge is 2.24. The molecule has 0 aliphatic carbocycles. The van der Waals surface area contributed by atoms with Gasteiger partial charge in [0.15, 0.2) is 11.5 Å². The second kappa shape index (κ2) is 7.49. The Kier molecular flexibility index (Phi) is 4.94. The van der Waals surface area contributed by atoms with Crippen molar-refractivity contribution >= 4 is 17.7 Å². The molecule has 1 aromatic heterocycles. The first-order valence-corrected chi connectivity index (χ1v) is 9.77. The Balaban J connectivity index is 1.42. The minimum atomic E-state index is 0.386. The summed E-state index contributed by atoms with van der Waals surface area (Å²) in [5, 5.41) is 3.42. The van der Waals surface area contributed by atoms with Crippen LogP contribution in [-0.2, 0) is 6.54 Å². The molecule has 6 nitrogen and oxygen atoms in total. The van der Waals surface area contributed by atoms with Gasteiger partial charge in [-0.1, -0.05) is 0 Å². The topological polar surface area (TPSA) is 59.5 Å². The van der Waals surface area contributed by atoms with Gasteiger partial charge < -0.3 is 14.8 Å². The predicted octanol–water partition coefficient (Wildman–Crippen LogP) is 2.66. The maximum atomic E-state index is 5.75. The van der Waals surface area contributed by atoms with E-state index in [0.29, 0.717) is 25.2 Å². The normalized spacial score (nSPS) is 19.8. The molecule has 0 saturated carbocycles. The van der Waals surface area contributed by atoms with Gasteiger partial charge in [0.05, 0.1) is 0 Å². The maximum Gasteiger partial charge on any atom is 0.222 e.